The number of aryl methyl sites for hydroxylation is 1. The van der Waals surface area contributed by atoms with Crippen molar-refractivity contribution < 1.29 is 18.7 Å². The zero-order valence-corrected chi connectivity index (χ0v) is 17.2. The van der Waals surface area contributed by atoms with Gasteiger partial charge in [-0.1, -0.05) is 13.8 Å². The Morgan fingerprint density at radius 3 is 2.37 bits per heavy atom. The van der Waals surface area contributed by atoms with Gasteiger partial charge in [0.05, 0.1) is 0 Å². The molecule has 1 aromatic rings. The summed E-state index contributed by atoms with van der Waals surface area (Å²) in [5.74, 6) is 1.14. The highest BCUT2D eigenvalue weighted by atomic mass is 16.6. The van der Waals surface area contributed by atoms with E-state index in [0.717, 1.165) is 6.42 Å². The third-order valence-electron chi connectivity index (χ3n) is 4.38. The quantitative estimate of drug-likeness (QED) is 0.842. The number of hydrogen-bond acceptors (Lipinski definition) is 6. The molecule has 0 aliphatic carbocycles. The fourth-order valence-electron chi connectivity index (χ4n) is 3.09. The highest BCUT2D eigenvalue weighted by molar-refractivity contribution is 5.79. The summed E-state index contributed by atoms with van der Waals surface area (Å²) >= 11 is 0. The van der Waals surface area contributed by atoms with Crippen LogP contribution in [0.15, 0.2) is 4.42 Å². The van der Waals surface area contributed by atoms with Crippen molar-refractivity contribution >= 4 is 12.0 Å². The first-order chi connectivity index (χ1) is 12.5. The van der Waals surface area contributed by atoms with Gasteiger partial charge in [-0.2, -0.15) is 0 Å². The van der Waals surface area contributed by atoms with Gasteiger partial charge in [-0.05, 0) is 46.0 Å². The van der Waals surface area contributed by atoms with Crippen molar-refractivity contribution in [3.63, 3.8) is 0 Å². The van der Waals surface area contributed by atoms with Crippen molar-refractivity contribution in [1.82, 2.24) is 20.4 Å². The average Bonchev–Trinajstić information content (AvgIpc) is 2.99. The minimum absolute atomic E-state index is 0.0275. The van der Waals surface area contributed by atoms with Crippen molar-refractivity contribution in [2.45, 2.75) is 72.4 Å². The molecule has 27 heavy (non-hydrogen) atoms. The third kappa shape index (κ3) is 6.52. The molecule has 2 rings (SSSR count). The molecule has 0 aromatic carbocycles. The number of hydrogen-bond donors (Lipinski definition) is 1. The molecule has 1 aromatic heterocycles. The number of likely N-dealkylation sites (tertiary alicyclic amines) is 1. The number of carbonyl (C=O) groups excluding carboxylic acids is 2. The summed E-state index contributed by atoms with van der Waals surface area (Å²) < 4.78 is 10.9. The first kappa shape index (κ1) is 21.2. The van der Waals surface area contributed by atoms with E-state index in [1.165, 1.54) is 0 Å². The van der Waals surface area contributed by atoms with E-state index < -0.39 is 5.60 Å². The molecule has 1 unspecified atom stereocenters. The number of rotatable bonds is 5. The molecule has 1 fully saturated rings. The van der Waals surface area contributed by atoms with Crippen LogP contribution in [0.5, 0.6) is 0 Å². The zero-order chi connectivity index (χ0) is 20.2. The maximum Gasteiger partial charge on any atom is 0.410 e. The lowest BCUT2D eigenvalue weighted by molar-refractivity contribution is -0.127. The highest BCUT2D eigenvalue weighted by Crippen LogP contribution is 2.24. The SMILES string of the molecule is Cc1nnc(C(CC(C)C)NC(=O)C2CCN(C(=O)OC(C)(C)C)CC2)o1. The van der Waals surface area contributed by atoms with Crippen molar-refractivity contribution in [2.24, 2.45) is 11.8 Å². The Hall–Kier alpha value is -2.12. The van der Waals surface area contributed by atoms with Crippen molar-refractivity contribution in [2.75, 3.05) is 13.1 Å². The monoisotopic (exact) mass is 380 g/mol. The number of aromatic nitrogens is 2. The van der Waals surface area contributed by atoms with Gasteiger partial charge in [-0.3, -0.25) is 4.79 Å². The molecule has 1 atom stereocenters. The molecule has 1 N–H and O–H groups in total. The summed E-state index contributed by atoms with van der Waals surface area (Å²) in [6, 6.07) is -0.289. The third-order valence-corrected chi connectivity index (χ3v) is 4.38. The van der Waals surface area contributed by atoms with Gasteiger partial charge in [0.2, 0.25) is 17.7 Å². The average molecular weight is 380 g/mol. The van der Waals surface area contributed by atoms with Crippen molar-refractivity contribution in [3.05, 3.63) is 11.8 Å². The Morgan fingerprint density at radius 2 is 1.89 bits per heavy atom. The fraction of sp³-hybridized carbons (Fsp3) is 0.789. The van der Waals surface area contributed by atoms with E-state index in [9.17, 15) is 9.59 Å². The molecule has 1 saturated heterocycles. The molecular formula is C19H32N4O4. The van der Waals surface area contributed by atoms with Gasteiger partial charge in [0.1, 0.15) is 11.6 Å². The molecule has 0 spiro atoms. The Bertz CT molecular complexity index is 642. The molecule has 1 aliphatic rings. The molecule has 8 nitrogen and oxygen atoms in total. The van der Waals surface area contributed by atoms with E-state index in [4.69, 9.17) is 9.15 Å². The lowest BCUT2D eigenvalue weighted by atomic mass is 9.95. The molecule has 0 radical (unpaired) electrons. The molecule has 2 amide bonds. The standard InChI is InChI=1S/C19H32N4O4/c1-12(2)11-15(17-22-21-13(3)26-17)20-16(24)14-7-9-23(10-8-14)18(25)27-19(4,5)6/h12,14-15H,7-11H2,1-6H3,(H,20,24). The first-order valence-electron chi connectivity index (χ1n) is 9.63. The van der Waals surface area contributed by atoms with Crippen LogP contribution in [0.25, 0.3) is 0 Å². The molecule has 1 aliphatic heterocycles. The lowest BCUT2D eigenvalue weighted by Gasteiger charge is -2.33. The van der Waals surface area contributed by atoms with Gasteiger partial charge >= 0.3 is 6.09 Å². The van der Waals surface area contributed by atoms with Crippen molar-refractivity contribution in [3.8, 4) is 0 Å². The summed E-state index contributed by atoms with van der Waals surface area (Å²) in [6.45, 7) is 12.5. The number of ether oxygens (including phenoxy) is 1. The van der Waals surface area contributed by atoms with E-state index in [0.29, 0.717) is 43.6 Å². The van der Waals surface area contributed by atoms with Gasteiger partial charge in [0.15, 0.2) is 0 Å². The summed E-state index contributed by atoms with van der Waals surface area (Å²) in [6.07, 6.45) is 1.63. The van der Waals surface area contributed by atoms with E-state index in [-0.39, 0.29) is 24.0 Å². The number of amides is 2. The van der Waals surface area contributed by atoms with Gasteiger partial charge in [-0.25, -0.2) is 4.79 Å². The Balaban J connectivity index is 1.91. The van der Waals surface area contributed by atoms with Gasteiger partial charge in [0.25, 0.3) is 0 Å². The second-order valence-corrected chi connectivity index (χ2v) is 8.59. The number of nitrogens with zero attached hydrogens (tertiary/aromatic N) is 3. The van der Waals surface area contributed by atoms with Gasteiger partial charge in [0, 0.05) is 25.9 Å². The molecule has 2 heterocycles. The molecule has 152 valence electrons. The highest BCUT2D eigenvalue weighted by Gasteiger charge is 2.31. The number of carbonyl (C=O) groups is 2. The number of piperidine rings is 1. The van der Waals surface area contributed by atoms with Crippen LogP contribution in [0, 0.1) is 18.8 Å². The smallest absolute Gasteiger partial charge is 0.410 e. The van der Waals surface area contributed by atoms with Gasteiger partial charge < -0.3 is 19.4 Å². The van der Waals surface area contributed by atoms with Crippen LogP contribution in [0.4, 0.5) is 4.79 Å². The molecule has 0 bridgehead atoms. The summed E-state index contributed by atoms with van der Waals surface area (Å²) in [5, 5.41) is 11.0. The van der Waals surface area contributed by atoms with E-state index >= 15 is 0 Å². The van der Waals surface area contributed by atoms with Crippen LogP contribution in [0.3, 0.4) is 0 Å². The lowest BCUT2D eigenvalue weighted by Crippen LogP contribution is -2.45. The minimum atomic E-state index is -0.516. The predicted octanol–water partition coefficient (Wildman–Crippen LogP) is 3.23. The molecule has 8 heteroatoms. The minimum Gasteiger partial charge on any atom is -0.444 e. The van der Waals surface area contributed by atoms with Crippen LogP contribution in [0.2, 0.25) is 0 Å². The van der Waals surface area contributed by atoms with Crippen LogP contribution in [-0.2, 0) is 9.53 Å². The molecule has 0 saturated carbocycles. The summed E-state index contributed by atoms with van der Waals surface area (Å²) in [5.41, 5.74) is -0.516. The largest absolute Gasteiger partial charge is 0.444 e. The summed E-state index contributed by atoms with van der Waals surface area (Å²) in [4.78, 5) is 26.6. The van der Waals surface area contributed by atoms with Crippen LogP contribution >= 0.6 is 0 Å². The van der Waals surface area contributed by atoms with Gasteiger partial charge in [-0.15, -0.1) is 10.2 Å². The summed E-state index contributed by atoms with van der Waals surface area (Å²) in [7, 11) is 0. The van der Waals surface area contributed by atoms with E-state index in [1.54, 1.807) is 11.8 Å². The Morgan fingerprint density at radius 1 is 1.26 bits per heavy atom. The second-order valence-electron chi connectivity index (χ2n) is 8.59. The molecular weight excluding hydrogens is 348 g/mol. The zero-order valence-electron chi connectivity index (χ0n) is 17.2. The Kier molecular flexibility index (Phi) is 6.84. The first-order valence-corrected chi connectivity index (χ1v) is 9.63. The second kappa shape index (κ2) is 8.71. The van der Waals surface area contributed by atoms with Crippen LogP contribution in [-0.4, -0.2) is 45.8 Å². The van der Waals surface area contributed by atoms with Crippen LogP contribution in [0.1, 0.15) is 71.7 Å². The Labute approximate surface area is 161 Å². The van der Waals surface area contributed by atoms with Crippen LogP contribution < -0.4 is 5.32 Å². The maximum atomic E-state index is 12.7. The number of nitrogens with one attached hydrogen (secondary N) is 1. The predicted molar refractivity (Wildman–Crippen MR) is 99.9 cm³/mol. The van der Waals surface area contributed by atoms with Crippen molar-refractivity contribution in [1.29, 1.82) is 0 Å². The van der Waals surface area contributed by atoms with E-state index in [1.807, 2.05) is 20.8 Å². The fourth-order valence-corrected chi connectivity index (χ4v) is 3.09. The maximum absolute atomic E-state index is 12.7. The van der Waals surface area contributed by atoms with E-state index in [2.05, 4.69) is 29.4 Å². The normalized spacial score (nSPS) is 17.1. The topological polar surface area (TPSA) is 97.6 Å².